The number of piperidine rings is 1. The van der Waals surface area contributed by atoms with E-state index in [1.54, 1.807) is 41.7 Å². The Morgan fingerprint density at radius 3 is 2.50 bits per heavy atom. The summed E-state index contributed by atoms with van der Waals surface area (Å²) in [5.41, 5.74) is 3.37. The van der Waals surface area contributed by atoms with E-state index in [2.05, 4.69) is 16.0 Å². The second-order valence-electron chi connectivity index (χ2n) is 6.85. The standard InChI is InChI=1S/C22H20N4O3S/c27-15-26(25-11-8-16(9-12-25)13-19-3-1-2-10-23-19)22-24-14-20(30-22)17-4-6-18(7-5-17)21(28)29/h1-7,10,13-15H,8-9,11-12H2,(H,28,29). The number of nitrogens with zero attached hydrogens (tertiary/aromatic N) is 4. The third-order valence-electron chi connectivity index (χ3n) is 4.93. The third-order valence-corrected chi connectivity index (χ3v) is 5.97. The summed E-state index contributed by atoms with van der Waals surface area (Å²) in [6.07, 6.45) is 8.12. The van der Waals surface area contributed by atoms with Crippen LogP contribution in [0.15, 0.2) is 60.4 Å². The van der Waals surface area contributed by atoms with Crippen LogP contribution in [0.1, 0.15) is 28.9 Å². The first-order valence-electron chi connectivity index (χ1n) is 9.53. The van der Waals surface area contributed by atoms with Crippen molar-refractivity contribution in [1.82, 2.24) is 15.0 Å². The van der Waals surface area contributed by atoms with Gasteiger partial charge in [-0.2, -0.15) is 0 Å². The molecule has 3 aromatic rings. The first-order chi connectivity index (χ1) is 14.6. The van der Waals surface area contributed by atoms with Crippen LogP contribution in [-0.2, 0) is 4.79 Å². The maximum atomic E-state index is 11.8. The maximum absolute atomic E-state index is 11.8. The van der Waals surface area contributed by atoms with E-state index in [-0.39, 0.29) is 5.56 Å². The second-order valence-corrected chi connectivity index (χ2v) is 7.86. The van der Waals surface area contributed by atoms with Crippen LogP contribution in [0.2, 0.25) is 0 Å². The average molecular weight is 420 g/mol. The Labute approximate surface area is 177 Å². The Morgan fingerprint density at radius 2 is 1.87 bits per heavy atom. The van der Waals surface area contributed by atoms with E-state index in [1.165, 1.54) is 16.9 Å². The summed E-state index contributed by atoms with van der Waals surface area (Å²) < 4.78 is 0. The van der Waals surface area contributed by atoms with E-state index in [0.29, 0.717) is 5.13 Å². The maximum Gasteiger partial charge on any atom is 0.335 e. The number of anilines is 1. The number of hydrogen-bond donors (Lipinski definition) is 1. The van der Waals surface area contributed by atoms with Crippen molar-refractivity contribution in [3.63, 3.8) is 0 Å². The van der Waals surface area contributed by atoms with Gasteiger partial charge in [-0.05, 0) is 48.7 Å². The number of carboxylic acid groups (broad SMARTS) is 1. The third kappa shape index (κ3) is 4.45. The lowest BCUT2D eigenvalue weighted by atomic mass is 10.0. The molecule has 3 heterocycles. The quantitative estimate of drug-likeness (QED) is 0.608. The Morgan fingerprint density at radius 1 is 1.10 bits per heavy atom. The number of benzene rings is 1. The number of amides is 1. The number of carbonyl (C=O) groups excluding carboxylic acids is 1. The van der Waals surface area contributed by atoms with E-state index in [4.69, 9.17) is 5.11 Å². The van der Waals surface area contributed by atoms with Crippen LogP contribution in [0.3, 0.4) is 0 Å². The van der Waals surface area contributed by atoms with Gasteiger partial charge in [-0.1, -0.05) is 35.1 Å². The zero-order chi connectivity index (χ0) is 20.9. The van der Waals surface area contributed by atoms with Crippen molar-refractivity contribution in [1.29, 1.82) is 0 Å². The molecule has 30 heavy (non-hydrogen) atoms. The minimum atomic E-state index is -0.958. The molecule has 1 aromatic carbocycles. The van der Waals surface area contributed by atoms with Crippen LogP contribution in [0.25, 0.3) is 16.5 Å². The van der Waals surface area contributed by atoms with E-state index in [1.807, 2.05) is 23.2 Å². The van der Waals surface area contributed by atoms with Crippen molar-refractivity contribution in [2.75, 3.05) is 18.1 Å². The van der Waals surface area contributed by atoms with Crippen LogP contribution in [0.4, 0.5) is 5.13 Å². The van der Waals surface area contributed by atoms with Crippen LogP contribution in [0, 0.1) is 0 Å². The fourth-order valence-electron chi connectivity index (χ4n) is 3.33. The van der Waals surface area contributed by atoms with Gasteiger partial charge in [0.2, 0.25) is 11.5 Å². The Hall–Kier alpha value is -3.36. The number of rotatable bonds is 6. The van der Waals surface area contributed by atoms with Crippen LogP contribution in [0.5, 0.6) is 0 Å². The van der Waals surface area contributed by atoms with Gasteiger partial charge in [0.1, 0.15) is 0 Å². The van der Waals surface area contributed by atoms with Gasteiger partial charge < -0.3 is 5.11 Å². The molecule has 8 heteroatoms. The van der Waals surface area contributed by atoms with Gasteiger partial charge in [0.25, 0.3) is 0 Å². The summed E-state index contributed by atoms with van der Waals surface area (Å²) in [7, 11) is 0. The Bertz CT molecular complexity index is 1050. The number of carbonyl (C=O) groups is 2. The molecule has 1 saturated heterocycles. The molecule has 0 atom stereocenters. The molecule has 1 aliphatic heterocycles. The monoisotopic (exact) mass is 420 g/mol. The summed E-state index contributed by atoms with van der Waals surface area (Å²) in [6.45, 7) is 1.44. The second kappa shape index (κ2) is 8.98. The number of carboxylic acids is 1. The summed E-state index contributed by atoms with van der Waals surface area (Å²) in [4.78, 5) is 32.4. The summed E-state index contributed by atoms with van der Waals surface area (Å²) in [6, 6.07) is 12.5. The van der Waals surface area contributed by atoms with Crippen LogP contribution < -0.4 is 5.01 Å². The molecule has 2 aromatic heterocycles. The number of aromatic nitrogens is 2. The molecular formula is C22H20N4O3S. The number of pyridine rings is 1. The Balaban J connectivity index is 1.44. The van der Waals surface area contributed by atoms with E-state index < -0.39 is 5.97 Å². The van der Waals surface area contributed by atoms with Gasteiger partial charge >= 0.3 is 5.97 Å². The smallest absolute Gasteiger partial charge is 0.335 e. The highest BCUT2D eigenvalue weighted by Gasteiger charge is 2.23. The lowest BCUT2D eigenvalue weighted by Crippen LogP contribution is -2.45. The molecule has 1 N–H and O–H groups in total. The number of hydrogen-bond acceptors (Lipinski definition) is 6. The minimum absolute atomic E-state index is 0.237. The molecule has 0 bridgehead atoms. The molecule has 0 radical (unpaired) electrons. The van der Waals surface area contributed by atoms with Crippen molar-refractivity contribution in [2.24, 2.45) is 0 Å². The number of hydrazine groups is 1. The Kier molecular flexibility index (Phi) is 5.97. The molecule has 152 valence electrons. The fraction of sp³-hybridized carbons (Fsp3) is 0.182. The number of aromatic carboxylic acids is 1. The molecular weight excluding hydrogens is 400 g/mol. The molecule has 0 saturated carbocycles. The zero-order valence-electron chi connectivity index (χ0n) is 16.1. The lowest BCUT2D eigenvalue weighted by Gasteiger charge is -2.34. The summed E-state index contributed by atoms with van der Waals surface area (Å²) >= 11 is 1.40. The molecule has 1 fully saturated rings. The minimum Gasteiger partial charge on any atom is -0.478 e. The van der Waals surface area contributed by atoms with Gasteiger partial charge in [0.15, 0.2) is 0 Å². The zero-order valence-corrected chi connectivity index (χ0v) is 17.0. The van der Waals surface area contributed by atoms with Crippen molar-refractivity contribution >= 4 is 34.9 Å². The van der Waals surface area contributed by atoms with Crippen molar-refractivity contribution in [2.45, 2.75) is 12.8 Å². The predicted octanol–water partition coefficient (Wildman–Crippen LogP) is 3.96. The van der Waals surface area contributed by atoms with Gasteiger partial charge in [0, 0.05) is 25.5 Å². The topological polar surface area (TPSA) is 86.6 Å². The highest BCUT2D eigenvalue weighted by atomic mass is 32.1. The van der Waals surface area contributed by atoms with Gasteiger partial charge in [-0.3, -0.25) is 9.78 Å². The summed E-state index contributed by atoms with van der Waals surface area (Å²) in [5.74, 6) is -0.958. The first-order valence-corrected chi connectivity index (χ1v) is 10.3. The average Bonchev–Trinajstić information content (AvgIpc) is 3.26. The molecule has 0 spiro atoms. The summed E-state index contributed by atoms with van der Waals surface area (Å²) in [5, 5.41) is 13.2. The largest absolute Gasteiger partial charge is 0.478 e. The number of thiazole rings is 1. The normalized spacial score (nSPS) is 14.3. The van der Waals surface area contributed by atoms with Gasteiger partial charge in [0.05, 0.1) is 16.1 Å². The van der Waals surface area contributed by atoms with Gasteiger partial charge in [-0.25, -0.2) is 19.8 Å². The molecule has 7 nitrogen and oxygen atoms in total. The highest BCUT2D eigenvalue weighted by molar-refractivity contribution is 7.19. The molecule has 1 aliphatic rings. The van der Waals surface area contributed by atoms with Crippen LogP contribution >= 0.6 is 11.3 Å². The lowest BCUT2D eigenvalue weighted by molar-refractivity contribution is -0.110. The SMILES string of the molecule is O=CN(c1ncc(-c2ccc(C(=O)O)cc2)s1)N1CCC(=Cc2ccccn2)CC1. The van der Waals surface area contributed by atoms with Gasteiger partial charge in [-0.15, -0.1) is 0 Å². The van der Waals surface area contributed by atoms with E-state index in [0.717, 1.165) is 48.5 Å². The molecule has 0 unspecified atom stereocenters. The van der Waals surface area contributed by atoms with E-state index >= 15 is 0 Å². The molecule has 4 rings (SSSR count). The molecule has 0 aliphatic carbocycles. The van der Waals surface area contributed by atoms with Crippen LogP contribution in [-0.4, -0.2) is 45.6 Å². The first kappa shape index (κ1) is 19.9. The van der Waals surface area contributed by atoms with Crippen molar-refractivity contribution in [3.8, 4) is 10.4 Å². The van der Waals surface area contributed by atoms with E-state index in [9.17, 15) is 9.59 Å². The van der Waals surface area contributed by atoms with Crippen molar-refractivity contribution in [3.05, 3.63) is 71.7 Å². The predicted molar refractivity (Wildman–Crippen MR) is 116 cm³/mol. The molecule has 1 amide bonds. The highest BCUT2D eigenvalue weighted by Crippen LogP contribution is 2.32. The fourth-order valence-corrected chi connectivity index (χ4v) is 4.24. The van der Waals surface area contributed by atoms with Crippen molar-refractivity contribution < 1.29 is 14.7 Å².